The number of methoxy groups -OCH3 is 2. The molecule has 0 aliphatic heterocycles. The van der Waals surface area contributed by atoms with Crippen LogP contribution >= 0.6 is 0 Å². The largest absolute Gasteiger partial charge is 0.497 e. The van der Waals surface area contributed by atoms with Crippen molar-refractivity contribution in [3.63, 3.8) is 0 Å². The van der Waals surface area contributed by atoms with Crippen LogP contribution < -0.4 is 19.5 Å². The number of benzene rings is 3. The molecule has 1 amide bonds. The Morgan fingerprint density at radius 2 is 1.62 bits per heavy atom. The lowest BCUT2D eigenvalue weighted by Gasteiger charge is -2.13. The zero-order valence-corrected chi connectivity index (χ0v) is 19.0. The van der Waals surface area contributed by atoms with Crippen LogP contribution in [0.25, 0.3) is 0 Å². The fourth-order valence-corrected chi connectivity index (χ4v) is 3.94. The minimum absolute atomic E-state index is 0.0611. The second-order valence-electron chi connectivity index (χ2n) is 6.80. The average molecular weight is 488 g/mol. The molecule has 3 aromatic carbocycles. The van der Waals surface area contributed by atoms with Crippen molar-refractivity contribution in [1.29, 1.82) is 0 Å². The van der Waals surface area contributed by atoms with E-state index in [0.29, 0.717) is 17.2 Å². The summed E-state index contributed by atoms with van der Waals surface area (Å²) >= 11 is 0. The zero-order chi connectivity index (χ0) is 24.7. The summed E-state index contributed by atoms with van der Waals surface area (Å²) in [5.74, 6) is -1.27. The highest BCUT2D eigenvalue weighted by Crippen LogP contribution is 2.29. The molecule has 0 heterocycles. The molecule has 0 saturated carbocycles. The first-order valence-electron chi connectivity index (χ1n) is 9.80. The van der Waals surface area contributed by atoms with E-state index in [-0.39, 0.29) is 16.1 Å². The number of sulfonamides is 1. The summed E-state index contributed by atoms with van der Waals surface area (Å²) in [5.41, 5.74) is 0.175. The van der Waals surface area contributed by atoms with Gasteiger partial charge in [0, 0.05) is 6.07 Å². The van der Waals surface area contributed by atoms with Gasteiger partial charge in [0.2, 0.25) is 0 Å². The highest BCUT2D eigenvalue weighted by molar-refractivity contribution is 7.92. The van der Waals surface area contributed by atoms with E-state index in [1.165, 1.54) is 38.5 Å². The number of anilines is 2. The van der Waals surface area contributed by atoms with Gasteiger partial charge in [0.15, 0.2) is 6.61 Å². The molecular formula is C23H21FN2O7S. The van der Waals surface area contributed by atoms with E-state index in [9.17, 15) is 22.4 Å². The van der Waals surface area contributed by atoms with Crippen molar-refractivity contribution >= 4 is 33.3 Å². The van der Waals surface area contributed by atoms with Gasteiger partial charge in [-0.15, -0.1) is 0 Å². The van der Waals surface area contributed by atoms with Gasteiger partial charge in [0.25, 0.3) is 15.9 Å². The molecule has 178 valence electrons. The van der Waals surface area contributed by atoms with Crippen LogP contribution in [0.1, 0.15) is 10.4 Å². The molecule has 0 spiro atoms. The Kier molecular flexibility index (Phi) is 7.69. The Morgan fingerprint density at radius 1 is 0.912 bits per heavy atom. The van der Waals surface area contributed by atoms with Crippen molar-refractivity contribution in [3.8, 4) is 11.5 Å². The molecule has 0 bridgehead atoms. The van der Waals surface area contributed by atoms with Crippen LogP contribution in [0, 0.1) is 5.82 Å². The lowest BCUT2D eigenvalue weighted by atomic mass is 10.2. The molecule has 0 aliphatic carbocycles. The quantitative estimate of drug-likeness (QED) is 0.443. The maximum absolute atomic E-state index is 13.1. The second kappa shape index (κ2) is 10.7. The second-order valence-corrected chi connectivity index (χ2v) is 8.48. The number of para-hydroxylation sites is 1. The highest BCUT2D eigenvalue weighted by Gasteiger charge is 2.20. The number of carbonyl (C=O) groups excluding carboxylic acids is 2. The molecule has 0 aliphatic rings. The van der Waals surface area contributed by atoms with E-state index >= 15 is 0 Å². The van der Waals surface area contributed by atoms with Crippen LogP contribution in [-0.4, -0.2) is 41.1 Å². The Morgan fingerprint density at radius 3 is 2.29 bits per heavy atom. The molecule has 0 aromatic heterocycles. The van der Waals surface area contributed by atoms with E-state index in [1.54, 1.807) is 18.2 Å². The molecule has 3 aromatic rings. The molecular weight excluding hydrogens is 467 g/mol. The average Bonchev–Trinajstić information content (AvgIpc) is 2.83. The smallest absolute Gasteiger partial charge is 0.340 e. The third-order valence-corrected chi connectivity index (χ3v) is 5.91. The van der Waals surface area contributed by atoms with E-state index in [4.69, 9.17) is 14.2 Å². The Bertz CT molecular complexity index is 1290. The first-order chi connectivity index (χ1) is 16.2. The van der Waals surface area contributed by atoms with Crippen molar-refractivity contribution in [2.75, 3.05) is 30.9 Å². The molecule has 0 unspecified atom stereocenters. The highest BCUT2D eigenvalue weighted by atomic mass is 32.2. The molecule has 9 nitrogen and oxygen atoms in total. The number of hydrogen-bond acceptors (Lipinski definition) is 7. The number of amides is 1. The zero-order valence-electron chi connectivity index (χ0n) is 18.2. The van der Waals surface area contributed by atoms with E-state index in [1.807, 2.05) is 0 Å². The normalized spacial score (nSPS) is 10.8. The number of carbonyl (C=O) groups is 2. The van der Waals surface area contributed by atoms with Crippen molar-refractivity contribution in [2.45, 2.75) is 4.90 Å². The van der Waals surface area contributed by atoms with Gasteiger partial charge in [-0.3, -0.25) is 9.52 Å². The van der Waals surface area contributed by atoms with Crippen molar-refractivity contribution < 1.29 is 36.6 Å². The van der Waals surface area contributed by atoms with Gasteiger partial charge in [-0.05, 0) is 48.5 Å². The fraction of sp³-hybridized carbons (Fsp3) is 0.130. The molecule has 0 saturated heterocycles. The lowest BCUT2D eigenvalue weighted by molar-refractivity contribution is -0.119. The number of hydrogen-bond donors (Lipinski definition) is 2. The van der Waals surface area contributed by atoms with E-state index in [2.05, 4.69) is 10.0 Å². The van der Waals surface area contributed by atoms with Gasteiger partial charge < -0.3 is 19.5 Å². The summed E-state index contributed by atoms with van der Waals surface area (Å²) in [6, 6.07) is 14.7. The van der Waals surface area contributed by atoms with Gasteiger partial charge in [-0.25, -0.2) is 17.6 Å². The predicted octanol–water partition coefficient (Wildman–Crippen LogP) is 3.44. The van der Waals surface area contributed by atoms with Crippen molar-refractivity contribution in [1.82, 2.24) is 0 Å². The summed E-state index contributed by atoms with van der Waals surface area (Å²) in [6.07, 6.45) is 0. The lowest BCUT2D eigenvalue weighted by Crippen LogP contribution is -2.22. The van der Waals surface area contributed by atoms with Gasteiger partial charge in [0.1, 0.15) is 17.3 Å². The molecule has 34 heavy (non-hydrogen) atoms. The first kappa shape index (κ1) is 24.5. The maximum Gasteiger partial charge on any atom is 0.340 e. The third-order valence-electron chi connectivity index (χ3n) is 4.53. The Hall–Kier alpha value is -4.12. The Balaban J connectivity index is 1.68. The standard InChI is InChI=1S/C23H21FN2O7S/c1-31-16-9-12-20(21(13-16)32-2)25-22(27)14-33-23(28)18-5-3-4-6-19(18)26-34(29,30)17-10-7-15(24)8-11-17/h3-13,26H,14H2,1-2H3,(H,25,27). The van der Waals surface area contributed by atoms with E-state index < -0.39 is 34.3 Å². The van der Waals surface area contributed by atoms with Crippen molar-refractivity contribution in [3.05, 3.63) is 78.1 Å². The first-order valence-corrected chi connectivity index (χ1v) is 11.3. The summed E-state index contributed by atoms with van der Waals surface area (Å²) in [7, 11) is -1.18. The number of esters is 1. The number of nitrogens with one attached hydrogen (secondary N) is 2. The summed E-state index contributed by atoms with van der Waals surface area (Å²) in [6.45, 7) is -0.632. The van der Waals surface area contributed by atoms with Gasteiger partial charge in [-0.2, -0.15) is 0 Å². The summed E-state index contributed by atoms with van der Waals surface area (Å²) in [5, 5.41) is 2.56. The molecule has 0 fully saturated rings. The molecule has 0 atom stereocenters. The predicted molar refractivity (Wildman–Crippen MR) is 122 cm³/mol. The van der Waals surface area contributed by atoms with Crippen LogP contribution in [0.4, 0.5) is 15.8 Å². The summed E-state index contributed by atoms with van der Waals surface area (Å²) < 4.78 is 55.9. The molecule has 11 heteroatoms. The molecule has 0 radical (unpaired) electrons. The third kappa shape index (κ3) is 6.01. The molecule has 3 rings (SSSR count). The Labute approximate surface area is 195 Å². The SMILES string of the molecule is COc1ccc(NC(=O)COC(=O)c2ccccc2NS(=O)(=O)c2ccc(F)cc2)c(OC)c1. The van der Waals surface area contributed by atoms with Crippen LogP contribution in [0.5, 0.6) is 11.5 Å². The number of ether oxygens (including phenoxy) is 3. The summed E-state index contributed by atoms with van der Waals surface area (Å²) in [4.78, 5) is 24.7. The van der Waals surface area contributed by atoms with Crippen LogP contribution in [0.3, 0.4) is 0 Å². The minimum Gasteiger partial charge on any atom is -0.497 e. The molecule has 2 N–H and O–H groups in total. The van der Waals surface area contributed by atoms with Gasteiger partial charge in [0.05, 0.1) is 36.1 Å². The minimum atomic E-state index is -4.10. The van der Waals surface area contributed by atoms with Crippen molar-refractivity contribution in [2.24, 2.45) is 0 Å². The fourth-order valence-electron chi connectivity index (χ4n) is 2.86. The maximum atomic E-state index is 13.1. The van der Waals surface area contributed by atoms with Gasteiger partial charge in [-0.1, -0.05) is 12.1 Å². The number of halogens is 1. The van der Waals surface area contributed by atoms with Crippen LogP contribution in [0.2, 0.25) is 0 Å². The van der Waals surface area contributed by atoms with E-state index in [0.717, 1.165) is 24.3 Å². The van der Waals surface area contributed by atoms with Crippen LogP contribution in [0.15, 0.2) is 71.6 Å². The topological polar surface area (TPSA) is 120 Å². The van der Waals surface area contributed by atoms with Gasteiger partial charge >= 0.3 is 5.97 Å². The monoisotopic (exact) mass is 488 g/mol. The van der Waals surface area contributed by atoms with Crippen LogP contribution in [-0.2, 0) is 19.6 Å². The number of rotatable bonds is 9.